The lowest BCUT2D eigenvalue weighted by Crippen LogP contribution is -2.01. The summed E-state index contributed by atoms with van der Waals surface area (Å²) in [6, 6.07) is 4.22. The van der Waals surface area contributed by atoms with Crippen LogP contribution < -0.4 is 10.5 Å². The number of hydrogen-bond acceptors (Lipinski definition) is 2. The van der Waals surface area contributed by atoms with E-state index in [1.54, 1.807) is 6.07 Å². The van der Waals surface area contributed by atoms with E-state index in [1.165, 1.54) is 25.0 Å². The third-order valence-corrected chi connectivity index (χ3v) is 2.14. The number of halogens is 1. The predicted octanol–water partition coefficient (Wildman–Crippen LogP) is 2.20. The number of nitrogen functional groups attached to an aromatic ring is 1. The van der Waals surface area contributed by atoms with Gasteiger partial charge in [0.2, 0.25) is 0 Å². The molecule has 1 aliphatic carbocycles. The van der Waals surface area contributed by atoms with Gasteiger partial charge in [-0.2, -0.15) is 0 Å². The Morgan fingerprint density at radius 3 is 2.85 bits per heavy atom. The zero-order valence-corrected chi connectivity index (χ0v) is 7.29. The van der Waals surface area contributed by atoms with Crippen molar-refractivity contribution in [3.63, 3.8) is 0 Å². The van der Waals surface area contributed by atoms with Crippen LogP contribution in [0.4, 0.5) is 10.1 Å². The monoisotopic (exact) mass is 181 g/mol. The Balaban J connectivity index is 2.01. The molecule has 0 spiro atoms. The summed E-state index contributed by atoms with van der Waals surface area (Å²) in [6.45, 7) is 0.704. The second-order valence-corrected chi connectivity index (χ2v) is 3.44. The topological polar surface area (TPSA) is 35.2 Å². The van der Waals surface area contributed by atoms with Crippen LogP contribution in [0.2, 0.25) is 0 Å². The summed E-state index contributed by atoms with van der Waals surface area (Å²) in [5.41, 5.74) is 5.94. The van der Waals surface area contributed by atoms with E-state index in [2.05, 4.69) is 0 Å². The molecule has 2 rings (SSSR count). The van der Waals surface area contributed by atoms with Crippen LogP contribution in [-0.4, -0.2) is 6.61 Å². The van der Waals surface area contributed by atoms with Crippen molar-refractivity contribution in [1.29, 1.82) is 0 Å². The maximum Gasteiger partial charge on any atom is 0.142 e. The average Bonchev–Trinajstić information content (AvgIpc) is 2.86. The second-order valence-electron chi connectivity index (χ2n) is 3.44. The van der Waals surface area contributed by atoms with Crippen molar-refractivity contribution in [3.8, 4) is 5.75 Å². The number of anilines is 1. The van der Waals surface area contributed by atoms with E-state index in [0.29, 0.717) is 24.0 Å². The van der Waals surface area contributed by atoms with Gasteiger partial charge in [-0.3, -0.25) is 0 Å². The van der Waals surface area contributed by atoms with Gasteiger partial charge >= 0.3 is 0 Å². The zero-order chi connectivity index (χ0) is 9.26. The standard InChI is InChI=1S/C10H12FNO/c11-8-3-4-10(9(12)5-8)13-6-7-1-2-7/h3-5,7H,1-2,6,12H2. The summed E-state index contributed by atoms with van der Waals surface area (Å²) in [6.07, 6.45) is 2.47. The molecule has 0 radical (unpaired) electrons. The summed E-state index contributed by atoms with van der Waals surface area (Å²) < 4.78 is 18.0. The van der Waals surface area contributed by atoms with E-state index in [-0.39, 0.29) is 5.82 Å². The third-order valence-electron chi connectivity index (χ3n) is 2.14. The first-order chi connectivity index (χ1) is 6.25. The molecule has 1 fully saturated rings. The quantitative estimate of drug-likeness (QED) is 0.725. The van der Waals surface area contributed by atoms with Gasteiger partial charge in [-0.25, -0.2) is 4.39 Å². The first kappa shape index (κ1) is 8.35. The van der Waals surface area contributed by atoms with Crippen LogP contribution in [0.1, 0.15) is 12.8 Å². The van der Waals surface area contributed by atoms with E-state index in [9.17, 15) is 4.39 Å². The van der Waals surface area contributed by atoms with Gasteiger partial charge in [0, 0.05) is 6.07 Å². The zero-order valence-electron chi connectivity index (χ0n) is 7.29. The van der Waals surface area contributed by atoms with Crippen LogP contribution in [0.15, 0.2) is 18.2 Å². The normalized spacial score (nSPS) is 15.8. The van der Waals surface area contributed by atoms with Crippen molar-refractivity contribution in [2.45, 2.75) is 12.8 Å². The highest BCUT2D eigenvalue weighted by Crippen LogP contribution is 2.31. The molecule has 0 aromatic heterocycles. The minimum absolute atomic E-state index is 0.323. The smallest absolute Gasteiger partial charge is 0.142 e. The van der Waals surface area contributed by atoms with Gasteiger partial charge < -0.3 is 10.5 Å². The molecule has 0 bridgehead atoms. The fraction of sp³-hybridized carbons (Fsp3) is 0.400. The SMILES string of the molecule is Nc1cc(F)ccc1OCC1CC1. The van der Waals surface area contributed by atoms with Crippen molar-refractivity contribution in [2.75, 3.05) is 12.3 Å². The van der Waals surface area contributed by atoms with Crippen molar-refractivity contribution in [3.05, 3.63) is 24.0 Å². The molecule has 0 saturated heterocycles. The Hall–Kier alpha value is -1.25. The molecule has 3 heteroatoms. The lowest BCUT2D eigenvalue weighted by Gasteiger charge is -2.07. The summed E-state index contributed by atoms with van der Waals surface area (Å²) in [5.74, 6) is 0.953. The largest absolute Gasteiger partial charge is 0.491 e. The van der Waals surface area contributed by atoms with E-state index in [1.807, 2.05) is 0 Å². The highest BCUT2D eigenvalue weighted by molar-refractivity contribution is 5.52. The van der Waals surface area contributed by atoms with Gasteiger partial charge in [0.15, 0.2) is 0 Å². The minimum Gasteiger partial charge on any atom is -0.491 e. The van der Waals surface area contributed by atoms with Gasteiger partial charge in [0.25, 0.3) is 0 Å². The molecule has 1 saturated carbocycles. The Bertz CT molecular complexity index is 310. The van der Waals surface area contributed by atoms with Gasteiger partial charge in [0.1, 0.15) is 11.6 Å². The van der Waals surface area contributed by atoms with Gasteiger partial charge in [-0.15, -0.1) is 0 Å². The van der Waals surface area contributed by atoms with Crippen LogP contribution in [0.3, 0.4) is 0 Å². The molecule has 0 heterocycles. The van der Waals surface area contributed by atoms with Crippen molar-refractivity contribution in [1.82, 2.24) is 0 Å². The second kappa shape index (κ2) is 3.24. The number of ether oxygens (including phenoxy) is 1. The summed E-state index contributed by atoms with van der Waals surface area (Å²) >= 11 is 0. The van der Waals surface area contributed by atoms with Crippen LogP contribution in [0.25, 0.3) is 0 Å². The number of rotatable bonds is 3. The Kier molecular flexibility index (Phi) is 2.08. The Labute approximate surface area is 76.5 Å². The highest BCUT2D eigenvalue weighted by atomic mass is 19.1. The Morgan fingerprint density at radius 1 is 1.46 bits per heavy atom. The van der Waals surface area contributed by atoms with Crippen LogP contribution in [0, 0.1) is 11.7 Å². The highest BCUT2D eigenvalue weighted by Gasteiger charge is 2.22. The van der Waals surface area contributed by atoms with Crippen LogP contribution in [0.5, 0.6) is 5.75 Å². The number of hydrogen-bond donors (Lipinski definition) is 1. The van der Waals surface area contributed by atoms with E-state index in [0.717, 1.165) is 0 Å². The van der Waals surface area contributed by atoms with E-state index >= 15 is 0 Å². The predicted molar refractivity (Wildman–Crippen MR) is 49.0 cm³/mol. The molecule has 1 aromatic carbocycles. The summed E-state index contributed by atoms with van der Waals surface area (Å²) in [4.78, 5) is 0. The number of benzene rings is 1. The first-order valence-corrected chi connectivity index (χ1v) is 4.43. The van der Waals surface area contributed by atoms with Crippen LogP contribution >= 0.6 is 0 Å². The minimum atomic E-state index is -0.323. The molecule has 0 amide bonds. The molecule has 70 valence electrons. The summed E-state index contributed by atoms with van der Waals surface area (Å²) in [5, 5.41) is 0. The lowest BCUT2D eigenvalue weighted by atomic mass is 10.3. The molecule has 0 unspecified atom stereocenters. The van der Waals surface area contributed by atoms with Crippen molar-refractivity contribution < 1.29 is 9.13 Å². The van der Waals surface area contributed by atoms with Crippen molar-refractivity contribution >= 4 is 5.69 Å². The molecule has 2 nitrogen and oxygen atoms in total. The maximum atomic E-state index is 12.6. The van der Waals surface area contributed by atoms with Crippen LogP contribution in [-0.2, 0) is 0 Å². The molecular weight excluding hydrogens is 169 g/mol. The van der Waals surface area contributed by atoms with Gasteiger partial charge in [-0.1, -0.05) is 0 Å². The molecule has 0 atom stereocenters. The molecular formula is C10H12FNO. The molecule has 1 aliphatic rings. The van der Waals surface area contributed by atoms with Gasteiger partial charge in [-0.05, 0) is 30.9 Å². The fourth-order valence-corrected chi connectivity index (χ4v) is 1.14. The summed E-state index contributed by atoms with van der Waals surface area (Å²) in [7, 11) is 0. The molecule has 2 N–H and O–H groups in total. The average molecular weight is 181 g/mol. The Morgan fingerprint density at radius 2 is 2.23 bits per heavy atom. The maximum absolute atomic E-state index is 12.6. The third kappa shape index (κ3) is 2.11. The van der Waals surface area contributed by atoms with E-state index in [4.69, 9.17) is 10.5 Å². The first-order valence-electron chi connectivity index (χ1n) is 4.43. The van der Waals surface area contributed by atoms with E-state index < -0.39 is 0 Å². The fourth-order valence-electron chi connectivity index (χ4n) is 1.14. The molecule has 0 aliphatic heterocycles. The lowest BCUT2D eigenvalue weighted by molar-refractivity contribution is 0.301. The molecule has 13 heavy (non-hydrogen) atoms. The molecule has 1 aromatic rings. The van der Waals surface area contributed by atoms with Gasteiger partial charge in [0.05, 0.1) is 12.3 Å². The number of nitrogens with two attached hydrogens (primary N) is 1. The van der Waals surface area contributed by atoms with Crippen molar-refractivity contribution in [2.24, 2.45) is 5.92 Å².